The maximum atomic E-state index is 13.6. The summed E-state index contributed by atoms with van der Waals surface area (Å²) in [6, 6.07) is 4.71. The number of carbonyl (C=O) groups excluding carboxylic acids is 1. The molecule has 102 valence electrons. The topological polar surface area (TPSA) is 33.5 Å². The molecule has 0 N–H and O–H groups in total. The zero-order valence-corrected chi connectivity index (χ0v) is 11.7. The van der Waals surface area contributed by atoms with Gasteiger partial charge in [-0.3, -0.25) is 4.79 Å². The van der Waals surface area contributed by atoms with Gasteiger partial charge in [0, 0.05) is 24.5 Å². The number of halogens is 1. The van der Waals surface area contributed by atoms with E-state index in [1.165, 1.54) is 6.07 Å². The molecule has 0 aliphatic rings. The average molecular weight is 263 g/mol. The highest BCUT2D eigenvalue weighted by molar-refractivity contribution is 5.98. The fraction of sp³-hybridized carbons (Fsp3) is 0.400. The molecule has 0 aliphatic carbocycles. The van der Waals surface area contributed by atoms with Gasteiger partial charge in [0.25, 0.3) is 5.91 Å². The highest BCUT2D eigenvalue weighted by Crippen LogP contribution is 2.28. The maximum Gasteiger partial charge on any atom is 0.289 e. The van der Waals surface area contributed by atoms with Crippen molar-refractivity contribution < 1.29 is 13.6 Å². The van der Waals surface area contributed by atoms with E-state index >= 15 is 0 Å². The van der Waals surface area contributed by atoms with Crippen LogP contribution in [0.15, 0.2) is 22.6 Å². The normalized spacial score (nSPS) is 11.3. The lowest BCUT2D eigenvalue weighted by atomic mass is 10.1. The molecule has 1 heterocycles. The number of aryl methyl sites for hydroxylation is 1. The summed E-state index contributed by atoms with van der Waals surface area (Å²) >= 11 is 0. The van der Waals surface area contributed by atoms with Gasteiger partial charge in [-0.2, -0.15) is 0 Å². The Bertz CT molecular complexity index is 616. The summed E-state index contributed by atoms with van der Waals surface area (Å²) in [6.45, 7) is 6.49. The summed E-state index contributed by atoms with van der Waals surface area (Å²) < 4.78 is 19.1. The van der Waals surface area contributed by atoms with Gasteiger partial charge in [0.15, 0.2) is 17.2 Å². The lowest BCUT2D eigenvalue weighted by molar-refractivity contribution is 0.0749. The quantitative estimate of drug-likeness (QED) is 0.847. The van der Waals surface area contributed by atoms with Gasteiger partial charge in [0.1, 0.15) is 0 Å². The van der Waals surface area contributed by atoms with Gasteiger partial charge in [-0.05, 0) is 18.9 Å². The van der Waals surface area contributed by atoms with Crippen LogP contribution in [0.3, 0.4) is 0 Å². The largest absolute Gasteiger partial charge is 0.448 e. The Morgan fingerprint density at radius 2 is 2.11 bits per heavy atom. The lowest BCUT2D eigenvalue weighted by Gasteiger charge is -2.18. The smallest absolute Gasteiger partial charge is 0.289 e. The molecule has 0 atom stereocenters. The number of hydrogen-bond acceptors (Lipinski definition) is 2. The first-order chi connectivity index (χ1) is 8.91. The van der Waals surface area contributed by atoms with Crippen LogP contribution in [0.4, 0.5) is 4.39 Å². The van der Waals surface area contributed by atoms with Gasteiger partial charge in [-0.15, -0.1) is 0 Å². The van der Waals surface area contributed by atoms with Gasteiger partial charge >= 0.3 is 0 Å². The first kappa shape index (κ1) is 13.6. The molecule has 3 nitrogen and oxygen atoms in total. The summed E-state index contributed by atoms with van der Waals surface area (Å²) in [5.41, 5.74) is 0.844. The minimum atomic E-state index is -0.439. The second-order valence-electron chi connectivity index (χ2n) is 5.25. The van der Waals surface area contributed by atoms with E-state index in [0.717, 1.165) is 0 Å². The summed E-state index contributed by atoms with van der Waals surface area (Å²) in [4.78, 5) is 13.9. The Hall–Kier alpha value is -1.84. The lowest BCUT2D eigenvalue weighted by Crippen LogP contribution is -2.30. The first-order valence-electron chi connectivity index (χ1n) is 6.35. The number of para-hydroxylation sites is 1. The van der Waals surface area contributed by atoms with E-state index in [0.29, 0.717) is 23.4 Å². The van der Waals surface area contributed by atoms with Crippen LogP contribution in [0.1, 0.15) is 30.0 Å². The Morgan fingerprint density at radius 1 is 1.42 bits per heavy atom. The summed E-state index contributed by atoms with van der Waals surface area (Å²) in [5.74, 6) is -0.0495. The molecule has 4 heteroatoms. The maximum absolute atomic E-state index is 13.6. The number of fused-ring (bicyclic) bond motifs is 1. The number of furan rings is 1. The van der Waals surface area contributed by atoms with Crippen LogP contribution >= 0.6 is 0 Å². The van der Waals surface area contributed by atoms with Crippen molar-refractivity contribution in [3.8, 4) is 0 Å². The molecular formula is C15H18FNO2. The number of rotatable bonds is 3. The molecule has 1 aromatic carbocycles. The molecule has 0 spiro atoms. The van der Waals surface area contributed by atoms with Gasteiger partial charge < -0.3 is 9.32 Å². The molecule has 0 radical (unpaired) electrons. The predicted octanol–water partition coefficient (Wildman–Crippen LogP) is 3.61. The third kappa shape index (κ3) is 2.48. The van der Waals surface area contributed by atoms with Gasteiger partial charge in [-0.1, -0.05) is 26.0 Å². The minimum absolute atomic E-state index is 0.154. The fourth-order valence-electron chi connectivity index (χ4n) is 2.22. The monoisotopic (exact) mass is 263 g/mol. The molecular weight excluding hydrogens is 245 g/mol. The SMILES string of the molecule is Cc1c(C(=O)N(C)CC(C)C)oc2c(F)cccc12. The second kappa shape index (κ2) is 5.03. The highest BCUT2D eigenvalue weighted by Gasteiger charge is 2.22. The fourth-order valence-corrected chi connectivity index (χ4v) is 2.22. The number of benzene rings is 1. The van der Waals surface area contributed by atoms with Crippen LogP contribution in [-0.2, 0) is 0 Å². The van der Waals surface area contributed by atoms with E-state index < -0.39 is 5.82 Å². The van der Waals surface area contributed by atoms with Crippen molar-refractivity contribution in [2.75, 3.05) is 13.6 Å². The van der Waals surface area contributed by atoms with Crippen molar-refractivity contribution in [2.24, 2.45) is 5.92 Å². The van der Waals surface area contributed by atoms with Crippen molar-refractivity contribution in [1.82, 2.24) is 4.90 Å². The molecule has 2 rings (SSSR count). The van der Waals surface area contributed by atoms with E-state index in [1.807, 2.05) is 13.8 Å². The van der Waals surface area contributed by atoms with E-state index in [1.54, 1.807) is 31.0 Å². The molecule has 0 unspecified atom stereocenters. The van der Waals surface area contributed by atoms with Crippen LogP contribution in [0, 0.1) is 18.7 Å². The van der Waals surface area contributed by atoms with Crippen molar-refractivity contribution >= 4 is 16.9 Å². The standard InChI is InChI=1S/C15H18FNO2/c1-9(2)8-17(4)15(18)13-10(3)11-6-5-7-12(16)14(11)19-13/h5-7,9H,8H2,1-4H3. The third-order valence-electron chi connectivity index (χ3n) is 3.10. The van der Waals surface area contributed by atoms with Crippen molar-refractivity contribution in [3.63, 3.8) is 0 Å². The molecule has 0 saturated carbocycles. The van der Waals surface area contributed by atoms with E-state index in [9.17, 15) is 9.18 Å². The van der Waals surface area contributed by atoms with Crippen LogP contribution in [0.5, 0.6) is 0 Å². The average Bonchev–Trinajstić information content (AvgIpc) is 2.67. The van der Waals surface area contributed by atoms with Crippen molar-refractivity contribution in [2.45, 2.75) is 20.8 Å². The van der Waals surface area contributed by atoms with Gasteiger partial charge in [0.2, 0.25) is 0 Å². The van der Waals surface area contributed by atoms with Crippen LogP contribution in [0.25, 0.3) is 11.0 Å². The Labute approximate surface area is 112 Å². The predicted molar refractivity (Wildman–Crippen MR) is 72.7 cm³/mol. The van der Waals surface area contributed by atoms with Crippen molar-refractivity contribution in [3.05, 3.63) is 35.3 Å². The molecule has 2 aromatic rings. The van der Waals surface area contributed by atoms with E-state index in [-0.39, 0.29) is 17.3 Å². The minimum Gasteiger partial charge on any atom is -0.448 e. The summed E-state index contributed by atoms with van der Waals surface area (Å²) in [7, 11) is 1.73. The molecule has 0 aliphatic heterocycles. The van der Waals surface area contributed by atoms with E-state index in [2.05, 4.69) is 0 Å². The number of amides is 1. The number of hydrogen-bond donors (Lipinski definition) is 0. The molecule has 0 fully saturated rings. The zero-order valence-electron chi connectivity index (χ0n) is 11.7. The number of nitrogens with zero attached hydrogens (tertiary/aromatic N) is 1. The Balaban J connectivity index is 2.43. The Morgan fingerprint density at radius 3 is 2.68 bits per heavy atom. The molecule has 1 amide bonds. The summed E-state index contributed by atoms with van der Waals surface area (Å²) in [5, 5.41) is 0.654. The van der Waals surface area contributed by atoms with Crippen LogP contribution in [-0.4, -0.2) is 24.4 Å². The van der Waals surface area contributed by atoms with Crippen LogP contribution in [0.2, 0.25) is 0 Å². The van der Waals surface area contributed by atoms with Crippen LogP contribution < -0.4 is 0 Å². The number of carbonyl (C=O) groups is 1. The third-order valence-corrected chi connectivity index (χ3v) is 3.10. The second-order valence-corrected chi connectivity index (χ2v) is 5.25. The molecule has 19 heavy (non-hydrogen) atoms. The highest BCUT2D eigenvalue weighted by atomic mass is 19.1. The molecule has 0 bridgehead atoms. The van der Waals surface area contributed by atoms with E-state index in [4.69, 9.17) is 4.42 Å². The Kier molecular flexibility index (Phi) is 3.60. The van der Waals surface area contributed by atoms with Gasteiger partial charge in [-0.25, -0.2) is 4.39 Å². The molecule has 1 aromatic heterocycles. The first-order valence-corrected chi connectivity index (χ1v) is 6.35. The van der Waals surface area contributed by atoms with Crippen molar-refractivity contribution in [1.29, 1.82) is 0 Å². The zero-order chi connectivity index (χ0) is 14.2. The molecule has 0 saturated heterocycles. The van der Waals surface area contributed by atoms with Gasteiger partial charge in [0.05, 0.1) is 0 Å². The summed E-state index contributed by atoms with van der Waals surface area (Å²) in [6.07, 6.45) is 0.